The Morgan fingerprint density at radius 1 is 1.44 bits per heavy atom. The molecule has 0 spiro atoms. The molecule has 1 aliphatic heterocycles. The number of aliphatic hydroxyl groups excluding tert-OH is 1. The van der Waals surface area contributed by atoms with Crippen LogP contribution in [0.3, 0.4) is 0 Å². The number of ether oxygens (including phenoxy) is 1. The summed E-state index contributed by atoms with van der Waals surface area (Å²) in [5, 5.41) is 9.48. The van der Waals surface area contributed by atoms with Crippen molar-refractivity contribution in [2.75, 3.05) is 0 Å². The zero-order valence-corrected chi connectivity index (χ0v) is 10.3. The van der Waals surface area contributed by atoms with E-state index in [1.807, 2.05) is 13.0 Å². The van der Waals surface area contributed by atoms with Gasteiger partial charge in [0.1, 0.15) is 11.4 Å². The van der Waals surface area contributed by atoms with Gasteiger partial charge in [0.15, 0.2) is 0 Å². The maximum Gasteiger partial charge on any atom is 0.126 e. The first kappa shape index (κ1) is 11.5. The summed E-state index contributed by atoms with van der Waals surface area (Å²) >= 11 is 0. The molecule has 1 aromatic rings. The van der Waals surface area contributed by atoms with Crippen LogP contribution in [-0.2, 0) is 12.8 Å². The van der Waals surface area contributed by atoms with Gasteiger partial charge < -0.3 is 9.84 Å². The lowest BCUT2D eigenvalue weighted by Crippen LogP contribution is -2.33. The van der Waals surface area contributed by atoms with Crippen LogP contribution in [0.5, 0.6) is 5.75 Å². The molecule has 88 valence electrons. The van der Waals surface area contributed by atoms with E-state index in [0.717, 1.165) is 24.2 Å². The van der Waals surface area contributed by atoms with Gasteiger partial charge in [-0.05, 0) is 44.7 Å². The van der Waals surface area contributed by atoms with Crippen LogP contribution in [0.4, 0.5) is 0 Å². The molecule has 0 aromatic heterocycles. The van der Waals surface area contributed by atoms with Crippen LogP contribution in [0.2, 0.25) is 0 Å². The lowest BCUT2D eigenvalue weighted by molar-refractivity contribution is 0.0819. The van der Waals surface area contributed by atoms with E-state index in [9.17, 15) is 5.11 Å². The van der Waals surface area contributed by atoms with E-state index in [4.69, 9.17) is 4.74 Å². The monoisotopic (exact) mass is 220 g/mol. The molecular formula is C14H20O2. The molecule has 0 amide bonds. The first-order valence-corrected chi connectivity index (χ1v) is 5.96. The van der Waals surface area contributed by atoms with Crippen molar-refractivity contribution in [3.63, 3.8) is 0 Å². The third-order valence-corrected chi connectivity index (χ3v) is 3.07. The molecule has 0 bridgehead atoms. The standard InChI is InChI=1S/C14H20O2/c1-10(15)9-12-6-4-5-11-7-8-14(2,3)16-13(11)12/h4-6,10,15H,7-9H2,1-3H3. The molecule has 1 unspecified atom stereocenters. The van der Waals surface area contributed by atoms with E-state index in [-0.39, 0.29) is 11.7 Å². The summed E-state index contributed by atoms with van der Waals surface area (Å²) in [5.41, 5.74) is 2.32. The minimum Gasteiger partial charge on any atom is -0.487 e. The molecule has 1 aliphatic rings. The van der Waals surface area contributed by atoms with Gasteiger partial charge >= 0.3 is 0 Å². The number of rotatable bonds is 2. The van der Waals surface area contributed by atoms with Crippen molar-refractivity contribution >= 4 is 0 Å². The molecule has 16 heavy (non-hydrogen) atoms. The second-order valence-electron chi connectivity index (χ2n) is 5.32. The van der Waals surface area contributed by atoms with Gasteiger partial charge in [0.25, 0.3) is 0 Å². The Kier molecular flexibility index (Phi) is 2.94. The van der Waals surface area contributed by atoms with Crippen LogP contribution in [0.1, 0.15) is 38.3 Å². The predicted molar refractivity (Wildman–Crippen MR) is 64.9 cm³/mol. The fourth-order valence-electron chi connectivity index (χ4n) is 2.21. The van der Waals surface area contributed by atoms with Crippen LogP contribution in [0, 0.1) is 0 Å². The number of para-hydroxylation sites is 1. The normalized spacial score (nSPS) is 19.8. The molecule has 0 saturated carbocycles. The van der Waals surface area contributed by atoms with Gasteiger partial charge in [-0.15, -0.1) is 0 Å². The molecule has 0 radical (unpaired) electrons. The number of aryl methyl sites for hydroxylation is 1. The molecule has 0 aliphatic carbocycles. The van der Waals surface area contributed by atoms with Gasteiger partial charge in [0.05, 0.1) is 6.10 Å². The Morgan fingerprint density at radius 2 is 2.19 bits per heavy atom. The van der Waals surface area contributed by atoms with Crippen LogP contribution in [0.25, 0.3) is 0 Å². The molecule has 0 saturated heterocycles. The van der Waals surface area contributed by atoms with E-state index >= 15 is 0 Å². The topological polar surface area (TPSA) is 29.5 Å². The van der Waals surface area contributed by atoms with Gasteiger partial charge in [0, 0.05) is 6.42 Å². The molecule has 1 aromatic carbocycles. The zero-order chi connectivity index (χ0) is 11.8. The summed E-state index contributed by atoms with van der Waals surface area (Å²) in [6.45, 7) is 6.05. The summed E-state index contributed by atoms with van der Waals surface area (Å²) in [4.78, 5) is 0. The van der Waals surface area contributed by atoms with Crippen molar-refractivity contribution in [2.24, 2.45) is 0 Å². The Morgan fingerprint density at radius 3 is 2.88 bits per heavy atom. The van der Waals surface area contributed by atoms with Crippen LogP contribution >= 0.6 is 0 Å². The van der Waals surface area contributed by atoms with Crippen LogP contribution < -0.4 is 4.74 Å². The summed E-state index contributed by atoms with van der Waals surface area (Å²) in [6, 6.07) is 6.22. The second kappa shape index (κ2) is 4.10. The first-order chi connectivity index (χ1) is 7.48. The number of hydrogen-bond acceptors (Lipinski definition) is 2. The Bertz CT molecular complexity index is 380. The lowest BCUT2D eigenvalue weighted by atomic mass is 9.92. The SMILES string of the molecule is CC(O)Cc1cccc2c1OC(C)(C)CC2. The molecule has 2 heteroatoms. The largest absolute Gasteiger partial charge is 0.487 e. The van der Waals surface area contributed by atoms with Gasteiger partial charge in [-0.2, -0.15) is 0 Å². The van der Waals surface area contributed by atoms with Crippen LogP contribution in [-0.4, -0.2) is 16.8 Å². The number of benzene rings is 1. The van der Waals surface area contributed by atoms with Crippen molar-refractivity contribution in [3.05, 3.63) is 29.3 Å². The third-order valence-electron chi connectivity index (χ3n) is 3.07. The highest BCUT2D eigenvalue weighted by atomic mass is 16.5. The maximum absolute atomic E-state index is 9.48. The fourth-order valence-corrected chi connectivity index (χ4v) is 2.21. The molecule has 0 fully saturated rings. The minimum absolute atomic E-state index is 0.0816. The van der Waals surface area contributed by atoms with Crippen LogP contribution in [0.15, 0.2) is 18.2 Å². The Hall–Kier alpha value is -1.02. The lowest BCUT2D eigenvalue weighted by Gasteiger charge is -2.34. The summed E-state index contributed by atoms with van der Waals surface area (Å²) in [7, 11) is 0. The predicted octanol–water partition coefficient (Wildman–Crippen LogP) is 2.71. The number of aliphatic hydroxyl groups is 1. The highest BCUT2D eigenvalue weighted by Gasteiger charge is 2.28. The van der Waals surface area contributed by atoms with E-state index < -0.39 is 0 Å². The van der Waals surface area contributed by atoms with Crippen molar-refractivity contribution < 1.29 is 9.84 Å². The van der Waals surface area contributed by atoms with E-state index in [1.165, 1.54) is 5.56 Å². The molecule has 2 rings (SSSR count). The average Bonchev–Trinajstić information content (AvgIpc) is 2.17. The van der Waals surface area contributed by atoms with Gasteiger partial charge in [0.2, 0.25) is 0 Å². The molecular weight excluding hydrogens is 200 g/mol. The second-order valence-corrected chi connectivity index (χ2v) is 5.32. The smallest absolute Gasteiger partial charge is 0.126 e. The molecule has 2 nitrogen and oxygen atoms in total. The van der Waals surface area contributed by atoms with Crippen molar-refractivity contribution in [1.82, 2.24) is 0 Å². The van der Waals surface area contributed by atoms with E-state index in [1.54, 1.807) is 0 Å². The van der Waals surface area contributed by atoms with Crippen molar-refractivity contribution in [1.29, 1.82) is 0 Å². The van der Waals surface area contributed by atoms with Gasteiger partial charge in [-0.3, -0.25) is 0 Å². The van der Waals surface area contributed by atoms with E-state index in [0.29, 0.717) is 6.42 Å². The summed E-state index contributed by atoms with van der Waals surface area (Å²) in [6.07, 6.45) is 2.47. The molecule has 1 heterocycles. The van der Waals surface area contributed by atoms with Crippen molar-refractivity contribution in [2.45, 2.75) is 51.7 Å². The molecule has 1 N–H and O–H groups in total. The van der Waals surface area contributed by atoms with E-state index in [2.05, 4.69) is 26.0 Å². The minimum atomic E-state index is -0.319. The van der Waals surface area contributed by atoms with Gasteiger partial charge in [-0.1, -0.05) is 18.2 Å². The fraction of sp³-hybridized carbons (Fsp3) is 0.571. The van der Waals surface area contributed by atoms with Gasteiger partial charge in [-0.25, -0.2) is 0 Å². The van der Waals surface area contributed by atoms with Crippen molar-refractivity contribution in [3.8, 4) is 5.75 Å². The summed E-state index contributed by atoms with van der Waals surface area (Å²) in [5.74, 6) is 1.000. The maximum atomic E-state index is 9.48. The first-order valence-electron chi connectivity index (χ1n) is 5.96. The molecule has 1 atom stereocenters. The zero-order valence-electron chi connectivity index (χ0n) is 10.3. The third kappa shape index (κ3) is 2.38. The Balaban J connectivity index is 2.34. The summed E-state index contributed by atoms with van der Waals surface area (Å²) < 4.78 is 6.04. The number of fused-ring (bicyclic) bond motifs is 1. The quantitative estimate of drug-likeness (QED) is 0.830. The number of hydrogen-bond donors (Lipinski definition) is 1. The average molecular weight is 220 g/mol. The highest BCUT2D eigenvalue weighted by molar-refractivity contribution is 5.43. The Labute approximate surface area is 97.3 Å². The highest BCUT2D eigenvalue weighted by Crippen LogP contribution is 2.36.